The van der Waals surface area contributed by atoms with Crippen molar-refractivity contribution in [2.45, 2.75) is 17.0 Å². The van der Waals surface area contributed by atoms with Crippen molar-refractivity contribution in [1.29, 1.82) is 0 Å². The van der Waals surface area contributed by atoms with Crippen molar-refractivity contribution in [2.24, 2.45) is 0 Å². The number of carbonyl (C=O) groups excluding carboxylic acids is 1. The summed E-state index contributed by atoms with van der Waals surface area (Å²) >= 11 is 2.81. The fraction of sp³-hybridized carbons (Fsp3) is 0.118. The van der Waals surface area contributed by atoms with Gasteiger partial charge in [-0.3, -0.25) is 14.9 Å². The third-order valence-electron chi connectivity index (χ3n) is 3.73. The Bertz CT molecular complexity index is 1170. The summed E-state index contributed by atoms with van der Waals surface area (Å²) in [6.07, 6.45) is 1.23. The molecule has 0 unspecified atom stereocenters. The lowest BCUT2D eigenvalue weighted by Gasteiger charge is -1.99. The smallest absolute Gasteiger partial charge is 0.262 e. The van der Waals surface area contributed by atoms with E-state index in [1.54, 1.807) is 6.92 Å². The summed E-state index contributed by atoms with van der Waals surface area (Å²) in [7, 11) is 0. The van der Waals surface area contributed by atoms with Gasteiger partial charge < -0.3 is 9.40 Å². The molecule has 0 saturated carbocycles. The molecule has 0 aliphatic rings. The Morgan fingerprint density at radius 3 is 2.93 bits per heavy atom. The average molecular weight is 399 g/mol. The molecule has 0 aliphatic heterocycles. The van der Waals surface area contributed by atoms with E-state index in [1.807, 2.05) is 30.3 Å². The van der Waals surface area contributed by atoms with E-state index in [-0.39, 0.29) is 16.7 Å². The monoisotopic (exact) mass is 399 g/mol. The van der Waals surface area contributed by atoms with E-state index in [4.69, 9.17) is 4.42 Å². The number of nitrogens with zero attached hydrogens (tertiary/aromatic N) is 3. The van der Waals surface area contributed by atoms with Crippen LogP contribution in [0.4, 0.5) is 5.13 Å². The second-order valence-electron chi connectivity index (χ2n) is 5.55. The number of benzene rings is 1. The van der Waals surface area contributed by atoms with Crippen LogP contribution >= 0.6 is 23.1 Å². The van der Waals surface area contributed by atoms with Crippen molar-refractivity contribution in [3.63, 3.8) is 0 Å². The van der Waals surface area contributed by atoms with E-state index >= 15 is 0 Å². The van der Waals surface area contributed by atoms with Gasteiger partial charge in [0, 0.05) is 5.75 Å². The summed E-state index contributed by atoms with van der Waals surface area (Å²) in [4.78, 5) is 31.0. The molecule has 0 aliphatic carbocycles. The Morgan fingerprint density at radius 1 is 1.30 bits per heavy atom. The van der Waals surface area contributed by atoms with Gasteiger partial charge in [0.05, 0.1) is 11.9 Å². The number of aromatic nitrogens is 4. The molecule has 27 heavy (non-hydrogen) atoms. The zero-order chi connectivity index (χ0) is 18.8. The molecule has 8 nitrogen and oxygen atoms in total. The molecule has 1 aromatic carbocycles. The molecule has 3 aromatic heterocycles. The van der Waals surface area contributed by atoms with Gasteiger partial charge in [0.25, 0.3) is 11.5 Å². The predicted octanol–water partition coefficient (Wildman–Crippen LogP) is 3.22. The molecule has 4 aromatic rings. The summed E-state index contributed by atoms with van der Waals surface area (Å²) in [5.41, 5.74) is 1.01. The van der Waals surface area contributed by atoms with Crippen molar-refractivity contribution in [3.05, 3.63) is 63.9 Å². The summed E-state index contributed by atoms with van der Waals surface area (Å²) in [5, 5.41) is 11.2. The molecule has 0 bridgehead atoms. The van der Waals surface area contributed by atoms with Crippen molar-refractivity contribution in [3.8, 4) is 0 Å². The Kier molecular flexibility index (Phi) is 4.73. The molecule has 4 rings (SSSR count). The number of aromatic amines is 1. The van der Waals surface area contributed by atoms with Crippen LogP contribution in [0, 0.1) is 6.92 Å². The first-order valence-corrected chi connectivity index (χ1v) is 9.70. The minimum Gasteiger partial charge on any atom is -0.442 e. The number of nitrogens with one attached hydrogen (secondary N) is 2. The topological polar surface area (TPSA) is 114 Å². The molecule has 0 radical (unpaired) electrons. The van der Waals surface area contributed by atoms with Crippen LogP contribution in [0.2, 0.25) is 0 Å². The first-order valence-electron chi connectivity index (χ1n) is 7.90. The van der Waals surface area contributed by atoms with Crippen molar-refractivity contribution < 1.29 is 9.21 Å². The highest BCUT2D eigenvalue weighted by Gasteiger charge is 2.22. The van der Waals surface area contributed by atoms with Crippen molar-refractivity contribution in [2.75, 3.05) is 5.32 Å². The Labute approximate surface area is 161 Å². The predicted molar refractivity (Wildman–Crippen MR) is 103 cm³/mol. The van der Waals surface area contributed by atoms with Crippen molar-refractivity contribution in [1.82, 2.24) is 20.2 Å². The number of H-pyrrole nitrogens is 1. The number of aryl methyl sites for hydroxylation is 1. The average Bonchev–Trinajstić information content (AvgIpc) is 3.25. The fourth-order valence-electron chi connectivity index (χ4n) is 2.52. The number of fused-ring (bicyclic) bond motifs is 1. The number of carbonyl (C=O) groups is 1. The summed E-state index contributed by atoms with van der Waals surface area (Å²) in [6, 6.07) is 10.0. The molecule has 10 heteroatoms. The number of furan rings is 1. The molecule has 1 amide bonds. The highest BCUT2D eigenvalue weighted by molar-refractivity contribution is 8.00. The third kappa shape index (κ3) is 3.62. The molecule has 0 spiro atoms. The van der Waals surface area contributed by atoms with E-state index in [1.165, 1.54) is 35.0 Å². The number of hydrogen-bond donors (Lipinski definition) is 2. The van der Waals surface area contributed by atoms with Crippen LogP contribution in [-0.2, 0) is 5.75 Å². The molecule has 0 saturated heterocycles. The van der Waals surface area contributed by atoms with Gasteiger partial charge in [-0.25, -0.2) is 4.98 Å². The highest BCUT2D eigenvalue weighted by atomic mass is 32.2. The Balaban J connectivity index is 1.50. The summed E-state index contributed by atoms with van der Waals surface area (Å²) < 4.78 is 6.14. The maximum absolute atomic E-state index is 12.6. The first-order chi connectivity index (χ1) is 13.1. The standard InChI is InChI=1S/C17H13N5O3S2/c1-9-11(12-13(23)18-8-19-15(12)25-9)14(24)20-16-21-22-17(27-16)26-7-10-5-3-2-4-6-10/h2-6,8H,7H2,1H3,(H,18,19,23)(H,20,21,24). The second kappa shape index (κ2) is 7.33. The van der Waals surface area contributed by atoms with E-state index in [2.05, 4.69) is 25.5 Å². The van der Waals surface area contributed by atoms with Gasteiger partial charge in [-0.05, 0) is 12.5 Å². The lowest BCUT2D eigenvalue weighted by molar-refractivity contribution is 0.102. The molecule has 0 fully saturated rings. The van der Waals surface area contributed by atoms with Crippen LogP contribution in [-0.4, -0.2) is 26.1 Å². The van der Waals surface area contributed by atoms with Gasteiger partial charge >= 0.3 is 0 Å². The Morgan fingerprint density at radius 2 is 2.11 bits per heavy atom. The minimum absolute atomic E-state index is 0.121. The van der Waals surface area contributed by atoms with Crippen molar-refractivity contribution >= 4 is 45.2 Å². The lowest BCUT2D eigenvalue weighted by Crippen LogP contribution is -2.16. The SMILES string of the molecule is Cc1oc2nc[nH]c(=O)c2c1C(=O)Nc1nnc(SCc2ccccc2)s1. The van der Waals surface area contributed by atoms with Crippen LogP contribution < -0.4 is 10.9 Å². The van der Waals surface area contributed by atoms with Crippen LogP contribution in [0.3, 0.4) is 0 Å². The number of hydrogen-bond acceptors (Lipinski definition) is 8. The molecular formula is C17H13N5O3S2. The second-order valence-corrected chi connectivity index (χ2v) is 7.75. The van der Waals surface area contributed by atoms with E-state index < -0.39 is 11.5 Å². The van der Waals surface area contributed by atoms with Gasteiger partial charge in [0.1, 0.15) is 11.1 Å². The minimum atomic E-state index is -0.486. The molecule has 3 heterocycles. The van der Waals surface area contributed by atoms with Crippen LogP contribution in [0.15, 0.2) is 50.2 Å². The van der Waals surface area contributed by atoms with Gasteiger partial charge in [0.15, 0.2) is 4.34 Å². The zero-order valence-corrected chi connectivity index (χ0v) is 15.7. The molecule has 0 atom stereocenters. The van der Waals surface area contributed by atoms with Gasteiger partial charge in [-0.2, -0.15) is 0 Å². The van der Waals surface area contributed by atoms with E-state index in [0.717, 1.165) is 10.1 Å². The molecular weight excluding hydrogens is 386 g/mol. The van der Waals surface area contributed by atoms with Crippen LogP contribution in [0.1, 0.15) is 21.7 Å². The maximum atomic E-state index is 12.6. The van der Waals surface area contributed by atoms with Gasteiger partial charge in [-0.1, -0.05) is 53.4 Å². The maximum Gasteiger partial charge on any atom is 0.262 e. The van der Waals surface area contributed by atoms with Crippen LogP contribution in [0.5, 0.6) is 0 Å². The zero-order valence-electron chi connectivity index (χ0n) is 14.1. The van der Waals surface area contributed by atoms with Crippen LogP contribution in [0.25, 0.3) is 11.1 Å². The normalized spacial score (nSPS) is 11.0. The highest BCUT2D eigenvalue weighted by Crippen LogP contribution is 2.29. The molecule has 136 valence electrons. The quantitative estimate of drug-likeness (QED) is 0.391. The number of amides is 1. The van der Waals surface area contributed by atoms with E-state index in [0.29, 0.717) is 10.9 Å². The fourth-order valence-corrected chi connectivity index (χ4v) is 4.23. The largest absolute Gasteiger partial charge is 0.442 e. The Hall–Kier alpha value is -2.98. The van der Waals surface area contributed by atoms with Gasteiger partial charge in [0.2, 0.25) is 10.8 Å². The number of rotatable bonds is 5. The van der Waals surface area contributed by atoms with E-state index in [9.17, 15) is 9.59 Å². The third-order valence-corrected chi connectivity index (χ3v) is 5.77. The number of anilines is 1. The lowest BCUT2D eigenvalue weighted by atomic mass is 10.2. The van der Waals surface area contributed by atoms with Gasteiger partial charge in [-0.15, -0.1) is 10.2 Å². The number of thioether (sulfide) groups is 1. The molecule has 2 N–H and O–H groups in total. The first kappa shape index (κ1) is 17.4. The summed E-state index contributed by atoms with van der Waals surface area (Å²) in [5.74, 6) is 0.589. The summed E-state index contributed by atoms with van der Waals surface area (Å²) in [6.45, 7) is 1.61.